The second-order valence-corrected chi connectivity index (χ2v) is 7.76. The Morgan fingerprint density at radius 1 is 0.969 bits per heavy atom. The molecular weight excluding hydrogens is 409 g/mol. The second-order valence-electron chi connectivity index (χ2n) is 7.76. The van der Waals surface area contributed by atoms with Gasteiger partial charge in [0.15, 0.2) is 0 Å². The number of Topliss-reactive ketones (excluding diaryl/α,β-unsaturated/α-hetero) is 1. The van der Waals surface area contributed by atoms with Gasteiger partial charge in [-0.15, -0.1) is 0 Å². The zero-order valence-electron chi connectivity index (χ0n) is 17.9. The molecule has 1 N–H and O–H groups in total. The van der Waals surface area contributed by atoms with Gasteiger partial charge in [-0.2, -0.15) is 0 Å². The molecule has 1 atom stereocenters. The molecule has 1 amide bonds. The number of hydrogen-bond acceptors (Lipinski definition) is 4. The van der Waals surface area contributed by atoms with Crippen LogP contribution in [0, 0.1) is 19.7 Å². The van der Waals surface area contributed by atoms with Crippen molar-refractivity contribution in [2.24, 2.45) is 0 Å². The molecule has 6 heteroatoms. The van der Waals surface area contributed by atoms with Crippen molar-refractivity contribution >= 4 is 23.1 Å². The number of nitrogens with zero attached hydrogens (tertiary/aromatic N) is 1. The van der Waals surface area contributed by atoms with Crippen LogP contribution < -0.4 is 9.64 Å². The average molecular weight is 431 g/mol. The lowest BCUT2D eigenvalue weighted by Gasteiger charge is -2.27. The van der Waals surface area contributed by atoms with Gasteiger partial charge < -0.3 is 9.84 Å². The molecule has 0 aromatic heterocycles. The van der Waals surface area contributed by atoms with E-state index in [1.807, 2.05) is 32.0 Å². The first-order valence-corrected chi connectivity index (χ1v) is 10.1. The Hall–Kier alpha value is -3.93. The van der Waals surface area contributed by atoms with Crippen LogP contribution in [-0.2, 0) is 9.59 Å². The number of amides is 1. The summed E-state index contributed by atoms with van der Waals surface area (Å²) in [6, 6.07) is 16.8. The number of aliphatic hydroxyl groups is 1. The zero-order chi connectivity index (χ0) is 23.0. The van der Waals surface area contributed by atoms with Gasteiger partial charge in [-0.1, -0.05) is 24.3 Å². The molecule has 1 saturated heterocycles. The molecule has 0 radical (unpaired) electrons. The van der Waals surface area contributed by atoms with Gasteiger partial charge in [-0.3, -0.25) is 14.5 Å². The molecule has 1 aliphatic heterocycles. The van der Waals surface area contributed by atoms with Crippen molar-refractivity contribution in [1.29, 1.82) is 0 Å². The van der Waals surface area contributed by atoms with E-state index in [4.69, 9.17) is 4.74 Å². The number of carbonyl (C=O) groups is 2. The number of para-hydroxylation sites is 1. The fourth-order valence-corrected chi connectivity index (χ4v) is 4.14. The summed E-state index contributed by atoms with van der Waals surface area (Å²) >= 11 is 0. The van der Waals surface area contributed by atoms with Crippen LogP contribution in [0.25, 0.3) is 5.76 Å². The van der Waals surface area contributed by atoms with Crippen molar-refractivity contribution in [2.45, 2.75) is 19.9 Å². The lowest BCUT2D eigenvalue weighted by atomic mass is 9.94. The van der Waals surface area contributed by atoms with Crippen molar-refractivity contribution in [3.8, 4) is 5.75 Å². The minimum absolute atomic E-state index is 0.0785. The Morgan fingerprint density at radius 2 is 1.59 bits per heavy atom. The smallest absolute Gasteiger partial charge is 0.300 e. The fourth-order valence-electron chi connectivity index (χ4n) is 4.14. The molecule has 0 saturated carbocycles. The van der Waals surface area contributed by atoms with E-state index < -0.39 is 23.5 Å². The maximum atomic E-state index is 13.4. The highest BCUT2D eigenvalue weighted by Crippen LogP contribution is 2.45. The molecule has 1 heterocycles. The van der Waals surface area contributed by atoms with E-state index in [9.17, 15) is 19.1 Å². The molecule has 0 bridgehead atoms. The molecule has 1 unspecified atom stereocenters. The summed E-state index contributed by atoms with van der Waals surface area (Å²) in [4.78, 5) is 27.8. The fraction of sp³-hybridized carbons (Fsp3) is 0.154. The van der Waals surface area contributed by atoms with E-state index >= 15 is 0 Å². The third-order valence-corrected chi connectivity index (χ3v) is 5.48. The molecule has 3 aromatic rings. The van der Waals surface area contributed by atoms with Crippen LogP contribution in [0.3, 0.4) is 0 Å². The Labute approximate surface area is 185 Å². The topological polar surface area (TPSA) is 66.8 Å². The SMILES string of the molecule is COc1ccccc1C1/C(=C(\O)c2ccc(F)cc2)C(=O)C(=O)N1c1cc(C)cc(C)c1. The Bertz CT molecular complexity index is 1230. The van der Waals surface area contributed by atoms with Gasteiger partial charge in [0.1, 0.15) is 17.3 Å². The van der Waals surface area contributed by atoms with Crippen molar-refractivity contribution in [2.75, 3.05) is 12.0 Å². The summed E-state index contributed by atoms with van der Waals surface area (Å²) in [5, 5.41) is 11.1. The van der Waals surface area contributed by atoms with E-state index in [0.29, 0.717) is 17.0 Å². The van der Waals surface area contributed by atoms with Gasteiger partial charge in [0, 0.05) is 16.8 Å². The van der Waals surface area contributed by atoms with Crippen LogP contribution in [0.5, 0.6) is 5.75 Å². The number of anilines is 1. The maximum absolute atomic E-state index is 13.4. The second kappa shape index (κ2) is 8.30. The zero-order valence-corrected chi connectivity index (χ0v) is 17.9. The summed E-state index contributed by atoms with van der Waals surface area (Å²) in [5.41, 5.74) is 3.11. The number of aliphatic hydroxyl groups excluding tert-OH is 1. The largest absolute Gasteiger partial charge is 0.507 e. The summed E-state index contributed by atoms with van der Waals surface area (Å²) in [7, 11) is 1.50. The van der Waals surface area contributed by atoms with Gasteiger partial charge in [0.05, 0.1) is 18.7 Å². The van der Waals surface area contributed by atoms with Crippen molar-refractivity contribution in [1.82, 2.24) is 0 Å². The predicted molar refractivity (Wildman–Crippen MR) is 120 cm³/mol. The van der Waals surface area contributed by atoms with Gasteiger partial charge in [0.25, 0.3) is 11.7 Å². The highest BCUT2D eigenvalue weighted by molar-refractivity contribution is 6.51. The van der Waals surface area contributed by atoms with Crippen molar-refractivity contribution < 1.29 is 23.8 Å². The van der Waals surface area contributed by atoms with Crippen LogP contribution in [0.4, 0.5) is 10.1 Å². The molecule has 162 valence electrons. The number of carbonyl (C=O) groups excluding carboxylic acids is 2. The lowest BCUT2D eigenvalue weighted by Crippen LogP contribution is -2.29. The predicted octanol–water partition coefficient (Wildman–Crippen LogP) is 5.08. The maximum Gasteiger partial charge on any atom is 0.300 e. The Morgan fingerprint density at radius 3 is 2.22 bits per heavy atom. The molecule has 1 aliphatic rings. The monoisotopic (exact) mass is 431 g/mol. The van der Waals surface area contributed by atoms with Gasteiger partial charge in [-0.05, 0) is 67.4 Å². The van der Waals surface area contributed by atoms with E-state index in [0.717, 1.165) is 11.1 Å². The van der Waals surface area contributed by atoms with Crippen LogP contribution in [0.1, 0.15) is 28.3 Å². The first-order chi connectivity index (χ1) is 15.3. The summed E-state index contributed by atoms with van der Waals surface area (Å²) in [6.07, 6.45) is 0. The number of ketones is 1. The first kappa shape index (κ1) is 21.3. The molecule has 3 aromatic carbocycles. The van der Waals surface area contributed by atoms with Crippen molar-refractivity contribution in [3.63, 3.8) is 0 Å². The standard InChI is InChI=1S/C26H22FNO4/c1-15-12-16(2)14-19(13-15)28-23(20-6-4-5-7-21(20)32-3)22(25(30)26(28)31)24(29)17-8-10-18(27)11-9-17/h4-14,23,29H,1-3H3/b24-22+. The minimum atomic E-state index is -0.919. The molecule has 0 aliphatic carbocycles. The minimum Gasteiger partial charge on any atom is -0.507 e. The highest BCUT2D eigenvalue weighted by Gasteiger charge is 2.48. The van der Waals surface area contributed by atoms with E-state index in [-0.39, 0.29) is 16.9 Å². The number of aryl methyl sites for hydroxylation is 2. The number of rotatable bonds is 4. The summed E-state index contributed by atoms with van der Waals surface area (Å²) < 4.78 is 18.9. The van der Waals surface area contributed by atoms with E-state index in [2.05, 4.69) is 0 Å². The Balaban J connectivity index is 2.00. The number of benzene rings is 3. The number of methoxy groups -OCH3 is 1. The number of hydrogen-bond donors (Lipinski definition) is 1. The lowest BCUT2D eigenvalue weighted by molar-refractivity contribution is -0.132. The third kappa shape index (κ3) is 3.64. The van der Waals surface area contributed by atoms with Gasteiger partial charge in [0.2, 0.25) is 0 Å². The quantitative estimate of drug-likeness (QED) is 0.356. The van der Waals surface area contributed by atoms with Gasteiger partial charge >= 0.3 is 0 Å². The molecule has 5 nitrogen and oxygen atoms in total. The molecule has 0 spiro atoms. The van der Waals surface area contributed by atoms with Crippen molar-refractivity contribution in [3.05, 3.63) is 100 Å². The van der Waals surface area contributed by atoms with E-state index in [1.54, 1.807) is 24.3 Å². The average Bonchev–Trinajstić information content (AvgIpc) is 3.03. The van der Waals surface area contributed by atoms with E-state index in [1.165, 1.54) is 36.3 Å². The molecule has 32 heavy (non-hydrogen) atoms. The third-order valence-electron chi connectivity index (χ3n) is 5.48. The van der Waals surface area contributed by atoms with Gasteiger partial charge in [-0.25, -0.2) is 4.39 Å². The summed E-state index contributed by atoms with van der Waals surface area (Å²) in [5.74, 6) is -1.94. The normalized spacial score (nSPS) is 17.6. The van der Waals surface area contributed by atoms with Crippen LogP contribution >= 0.6 is 0 Å². The summed E-state index contributed by atoms with van der Waals surface area (Å²) in [6.45, 7) is 3.81. The Kier molecular flexibility index (Phi) is 5.53. The van der Waals surface area contributed by atoms with Crippen LogP contribution in [0.2, 0.25) is 0 Å². The highest BCUT2D eigenvalue weighted by atomic mass is 19.1. The molecule has 1 fully saturated rings. The van der Waals surface area contributed by atoms with Crippen LogP contribution in [-0.4, -0.2) is 23.9 Å². The van der Waals surface area contributed by atoms with Crippen LogP contribution in [0.15, 0.2) is 72.3 Å². The number of halogens is 1. The first-order valence-electron chi connectivity index (χ1n) is 10.1. The number of ether oxygens (including phenoxy) is 1. The molecular formula is C26H22FNO4. The molecule has 4 rings (SSSR count).